The summed E-state index contributed by atoms with van der Waals surface area (Å²) in [5.41, 5.74) is 4.97. The van der Waals surface area contributed by atoms with Crippen molar-refractivity contribution in [2.75, 3.05) is 6.54 Å². The zero-order valence-corrected chi connectivity index (χ0v) is 15.7. The number of carbonyl (C=O) groups is 1. The Morgan fingerprint density at radius 3 is 2.72 bits per heavy atom. The maximum absolute atomic E-state index is 12.1. The van der Waals surface area contributed by atoms with Crippen LogP contribution in [0.4, 0.5) is 0 Å². The molecule has 0 aliphatic rings. The summed E-state index contributed by atoms with van der Waals surface area (Å²) in [5.74, 6) is 0.668. The Morgan fingerprint density at radius 2 is 2.08 bits per heavy atom. The van der Waals surface area contributed by atoms with Gasteiger partial charge in [0.25, 0.3) is 0 Å². The van der Waals surface area contributed by atoms with Crippen molar-refractivity contribution in [3.05, 3.63) is 45.9 Å². The van der Waals surface area contributed by atoms with E-state index in [0.717, 1.165) is 22.6 Å². The van der Waals surface area contributed by atoms with Gasteiger partial charge in [0.2, 0.25) is 5.91 Å². The van der Waals surface area contributed by atoms with Crippen LogP contribution >= 0.6 is 11.3 Å². The summed E-state index contributed by atoms with van der Waals surface area (Å²) in [6, 6.07) is 4.16. The first-order valence-electron chi connectivity index (χ1n) is 8.23. The minimum Gasteiger partial charge on any atom is -0.361 e. The number of thiophene rings is 1. The molecule has 0 radical (unpaired) electrons. The lowest BCUT2D eigenvalue weighted by molar-refractivity contribution is -0.120. The molecule has 0 atom stereocenters. The number of hydrogen-bond donors (Lipinski definition) is 1. The van der Waals surface area contributed by atoms with Crippen molar-refractivity contribution in [2.45, 2.75) is 40.7 Å². The molecule has 1 N–H and O–H groups in total. The molecule has 0 unspecified atom stereocenters. The largest absolute Gasteiger partial charge is 0.361 e. The molecule has 6 nitrogen and oxygen atoms in total. The summed E-state index contributed by atoms with van der Waals surface area (Å²) >= 11 is 1.71. The second-order valence-electron chi connectivity index (χ2n) is 6.08. The summed E-state index contributed by atoms with van der Waals surface area (Å²) in [6.45, 7) is 8.94. The summed E-state index contributed by atoms with van der Waals surface area (Å²) in [4.78, 5) is 13.4. The van der Waals surface area contributed by atoms with Gasteiger partial charge in [-0.1, -0.05) is 11.2 Å². The van der Waals surface area contributed by atoms with Crippen LogP contribution in [0, 0.1) is 27.7 Å². The van der Waals surface area contributed by atoms with Gasteiger partial charge in [-0.25, -0.2) is 0 Å². The standard InChI is InChI=1S/C18H22N4O2S/c1-11-15(14(4)24-21-11)10-17(23)19-7-8-22-13(3)18(12(2)20-22)16-6-5-9-25-16/h5-6,9H,7-8,10H2,1-4H3,(H,19,23). The molecule has 1 amide bonds. The summed E-state index contributed by atoms with van der Waals surface area (Å²) < 4.78 is 7.05. The smallest absolute Gasteiger partial charge is 0.224 e. The number of amides is 1. The number of nitrogens with one attached hydrogen (secondary N) is 1. The lowest BCUT2D eigenvalue weighted by Crippen LogP contribution is -2.29. The highest BCUT2D eigenvalue weighted by atomic mass is 32.1. The minimum atomic E-state index is -0.0330. The number of aryl methyl sites for hydroxylation is 3. The Balaban J connectivity index is 1.59. The Kier molecular flexibility index (Phi) is 5.03. The third-order valence-corrected chi connectivity index (χ3v) is 5.20. The van der Waals surface area contributed by atoms with Crippen LogP contribution in [0.25, 0.3) is 10.4 Å². The molecule has 7 heteroatoms. The van der Waals surface area contributed by atoms with Crippen molar-refractivity contribution in [1.82, 2.24) is 20.3 Å². The average molecular weight is 358 g/mol. The van der Waals surface area contributed by atoms with E-state index in [1.807, 2.05) is 31.5 Å². The van der Waals surface area contributed by atoms with E-state index in [1.165, 1.54) is 10.4 Å². The third kappa shape index (κ3) is 3.66. The molecule has 3 heterocycles. The van der Waals surface area contributed by atoms with Gasteiger partial charge >= 0.3 is 0 Å². The second-order valence-corrected chi connectivity index (χ2v) is 7.02. The fourth-order valence-corrected chi connectivity index (χ4v) is 3.84. The molecule has 0 aliphatic carbocycles. The highest BCUT2D eigenvalue weighted by Crippen LogP contribution is 2.30. The molecule has 3 rings (SSSR count). The predicted octanol–water partition coefficient (Wildman–Crippen LogP) is 3.19. The van der Waals surface area contributed by atoms with Gasteiger partial charge < -0.3 is 9.84 Å². The molecule has 0 saturated heterocycles. The van der Waals surface area contributed by atoms with Crippen molar-refractivity contribution in [1.29, 1.82) is 0 Å². The summed E-state index contributed by atoms with van der Waals surface area (Å²) in [7, 11) is 0. The fourth-order valence-electron chi connectivity index (χ4n) is 2.97. The predicted molar refractivity (Wildman–Crippen MR) is 97.7 cm³/mol. The molecule has 0 bridgehead atoms. The first-order valence-corrected chi connectivity index (χ1v) is 9.11. The zero-order chi connectivity index (χ0) is 18.0. The molecule has 0 aliphatic heterocycles. The molecule has 132 valence electrons. The monoisotopic (exact) mass is 358 g/mol. The molecule has 0 aromatic carbocycles. The van der Waals surface area contributed by atoms with E-state index < -0.39 is 0 Å². The van der Waals surface area contributed by atoms with Crippen LogP contribution in [0.15, 0.2) is 22.0 Å². The van der Waals surface area contributed by atoms with Crippen molar-refractivity contribution >= 4 is 17.2 Å². The highest BCUT2D eigenvalue weighted by molar-refractivity contribution is 7.13. The van der Waals surface area contributed by atoms with E-state index in [9.17, 15) is 4.79 Å². The molecular formula is C18H22N4O2S. The average Bonchev–Trinajstić information content (AvgIpc) is 3.25. The van der Waals surface area contributed by atoms with Crippen LogP contribution in [0.1, 0.15) is 28.4 Å². The van der Waals surface area contributed by atoms with Gasteiger partial charge in [-0.3, -0.25) is 9.48 Å². The van der Waals surface area contributed by atoms with Crippen LogP contribution in [0.3, 0.4) is 0 Å². The van der Waals surface area contributed by atoms with E-state index in [-0.39, 0.29) is 5.91 Å². The highest BCUT2D eigenvalue weighted by Gasteiger charge is 2.15. The van der Waals surface area contributed by atoms with E-state index >= 15 is 0 Å². The van der Waals surface area contributed by atoms with Gasteiger partial charge in [0.05, 0.1) is 24.4 Å². The lowest BCUT2D eigenvalue weighted by Gasteiger charge is -2.07. The van der Waals surface area contributed by atoms with Crippen molar-refractivity contribution in [2.24, 2.45) is 0 Å². The maximum atomic E-state index is 12.1. The normalized spacial score (nSPS) is 11.0. The number of nitrogens with zero attached hydrogens (tertiary/aromatic N) is 3. The second kappa shape index (κ2) is 7.23. The Morgan fingerprint density at radius 1 is 1.28 bits per heavy atom. The number of hydrogen-bond acceptors (Lipinski definition) is 5. The summed E-state index contributed by atoms with van der Waals surface area (Å²) in [5, 5.41) is 13.5. The van der Waals surface area contributed by atoms with Gasteiger partial charge in [0.1, 0.15) is 5.76 Å². The van der Waals surface area contributed by atoms with Gasteiger partial charge in [-0.05, 0) is 39.1 Å². The van der Waals surface area contributed by atoms with Gasteiger partial charge in [0, 0.05) is 28.2 Å². The van der Waals surface area contributed by atoms with Gasteiger partial charge in [-0.15, -0.1) is 11.3 Å². The minimum absolute atomic E-state index is 0.0330. The third-order valence-electron chi connectivity index (χ3n) is 4.31. The van der Waals surface area contributed by atoms with E-state index in [0.29, 0.717) is 25.3 Å². The topological polar surface area (TPSA) is 73.0 Å². The Bertz CT molecular complexity index is 858. The molecule has 0 fully saturated rings. The molecule has 25 heavy (non-hydrogen) atoms. The Hall–Kier alpha value is -2.41. The van der Waals surface area contributed by atoms with Crippen LogP contribution < -0.4 is 5.32 Å². The SMILES string of the molecule is Cc1noc(C)c1CC(=O)NCCn1nc(C)c(-c2cccs2)c1C. The number of carbonyl (C=O) groups excluding carboxylic acids is 1. The van der Waals surface area contributed by atoms with Crippen molar-refractivity contribution < 1.29 is 9.32 Å². The quantitative estimate of drug-likeness (QED) is 0.734. The molecular weight excluding hydrogens is 336 g/mol. The van der Waals surface area contributed by atoms with Gasteiger partial charge in [-0.2, -0.15) is 5.10 Å². The fraction of sp³-hybridized carbons (Fsp3) is 0.389. The molecule has 0 spiro atoms. The van der Waals surface area contributed by atoms with Crippen LogP contribution in [0.5, 0.6) is 0 Å². The lowest BCUT2D eigenvalue weighted by atomic mass is 10.1. The summed E-state index contributed by atoms with van der Waals surface area (Å²) in [6.07, 6.45) is 0.290. The first-order chi connectivity index (χ1) is 12.0. The first kappa shape index (κ1) is 17.4. The van der Waals surface area contributed by atoms with Crippen molar-refractivity contribution in [3.63, 3.8) is 0 Å². The number of aromatic nitrogens is 3. The van der Waals surface area contributed by atoms with Crippen molar-refractivity contribution in [3.8, 4) is 10.4 Å². The molecule has 3 aromatic heterocycles. The van der Waals surface area contributed by atoms with Crippen LogP contribution in [-0.2, 0) is 17.8 Å². The maximum Gasteiger partial charge on any atom is 0.224 e. The molecule has 3 aromatic rings. The number of rotatable bonds is 6. The molecule has 0 saturated carbocycles. The van der Waals surface area contributed by atoms with Gasteiger partial charge in [0.15, 0.2) is 0 Å². The van der Waals surface area contributed by atoms with Crippen LogP contribution in [-0.4, -0.2) is 27.4 Å². The zero-order valence-electron chi connectivity index (χ0n) is 14.9. The van der Waals surface area contributed by atoms with E-state index in [1.54, 1.807) is 11.3 Å². The van der Waals surface area contributed by atoms with E-state index in [2.05, 4.69) is 33.9 Å². The van der Waals surface area contributed by atoms with E-state index in [4.69, 9.17) is 4.52 Å². The van der Waals surface area contributed by atoms with Crippen LogP contribution in [0.2, 0.25) is 0 Å². The Labute approximate surface area is 150 Å².